The van der Waals surface area contributed by atoms with Crippen LogP contribution in [0.3, 0.4) is 0 Å². The lowest BCUT2D eigenvalue weighted by molar-refractivity contribution is 0.242. The molecule has 2 fully saturated rings. The molecule has 0 unspecified atom stereocenters. The number of piperazine rings is 1. The zero-order valence-electron chi connectivity index (χ0n) is 15.5. The van der Waals surface area contributed by atoms with Crippen LogP contribution in [0.25, 0.3) is 0 Å². The monoisotopic (exact) mass is 374 g/mol. The molecule has 0 aromatic carbocycles. The molecule has 0 N–H and O–H groups in total. The maximum atomic E-state index is 13.8. The lowest BCUT2D eigenvalue weighted by atomic mass is 10.2. The molecule has 27 heavy (non-hydrogen) atoms. The molecule has 2 aromatic rings. The first-order valence-electron chi connectivity index (χ1n) is 9.46. The molecule has 0 aliphatic carbocycles. The van der Waals surface area contributed by atoms with E-state index in [1.54, 1.807) is 0 Å². The van der Waals surface area contributed by atoms with Gasteiger partial charge in [0.05, 0.1) is 12.4 Å². The molecule has 0 spiro atoms. The topological polar surface area (TPSA) is 48.4 Å². The second-order valence-corrected chi connectivity index (χ2v) is 7.17. The van der Waals surface area contributed by atoms with E-state index in [-0.39, 0.29) is 12.1 Å². The van der Waals surface area contributed by atoms with Crippen molar-refractivity contribution in [3.05, 3.63) is 41.5 Å². The maximum absolute atomic E-state index is 13.8. The standard InChI is InChI=1S/C19H24F2N6/c1-14-23-18(26-4-2-3-5-26)10-19(24-14)27-8-6-25(7-9-27)13-15-16(20)11-22-12-17(15)21/h10-12H,2-9,13H2,1H3. The van der Waals surface area contributed by atoms with Crippen molar-refractivity contribution in [2.24, 2.45) is 0 Å². The van der Waals surface area contributed by atoms with Gasteiger partial charge in [0.2, 0.25) is 0 Å². The van der Waals surface area contributed by atoms with E-state index in [1.807, 2.05) is 6.92 Å². The average molecular weight is 374 g/mol. The molecule has 2 saturated heterocycles. The second kappa shape index (κ2) is 7.72. The quantitative estimate of drug-likeness (QED) is 0.819. The van der Waals surface area contributed by atoms with Crippen LogP contribution in [-0.2, 0) is 6.54 Å². The number of rotatable bonds is 4. The largest absolute Gasteiger partial charge is 0.356 e. The summed E-state index contributed by atoms with van der Waals surface area (Å²) in [5.74, 6) is 1.54. The van der Waals surface area contributed by atoms with E-state index in [0.717, 1.165) is 69.1 Å². The summed E-state index contributed by atoms with van der Waals surface area (Å²) in [6.07, 6.45) is 4.55. The molecule has 0 amide bonds. The lowest BCUT2D eigenvalue weighted by Gasteiger charge is -2.35. The molecule has 144 valence electrons. The predicted molar refractivity (Wildman–Crippen MR) is 99.9 cm³/mol. The number of halogens is 2. The van der Waals surface area contributed by atoms with Gasteiger partial charge in [0.25, 0.3) is 0 Å². The van der Waals surface area contributed by atoms with Gasteiger partial charge in [0, 0.05) is 57.4 Å². The summed E-state index contributed by atoms with van der Waals surface area (Å²) in [4.78, 5) is 19.3. The number of anilines is 2. The normalized spacial score (nSPS) is 18.3. The van der Waals surface area contributed by atoms with Gasteiger partial charge in [-0.2, -0.15) is 0 Å². The van der Waals surface area contributed by atoms with E-state index in [9.17, 15) is 8.78 Å². The Bertz CT molecular complexity index is 781. The van der Waals surface area contributed by atoms with Crippen molar-refractivity contribution in [2.45, 2.75) is 26.3 Å². The Kier molecular flexibility index (Phi) is 5.15. The third kappa shape index (κ3) is 4.00. The lowest BCUT2D eigenvalue weighted by Crippen LogP contribution is -2.46. The second-order valence-electron chi connectivity index (χ2n) is 7.17. The number of pyridine rings is 1. The molecule has 4 rings (SSSR count). The molecule has 8 heteroatoms. The van der Waals surface area contributed by atoms with E-state index in [0.29, 0.717) is 0 Å². The van der Waals surface area contributed by atoms with Crippen molar-refractivity contribution >= 4 is 11.6 Å². The van der Waals surface area contributed by atoms with Gasteiger partial charge in [-0.15, -0.1) is 0 Å². The Morgan fingerprint density at radius 3 is 2.00 bits per heavy atom. The van der Waals surface area contributed by atoms with Crippen molar-refractivity contribution < 1.29 is 8.78 Å². The van der Waals surface area contributed by atoms with Crippen LogP contribution in [0.4, 0.5) is 20.4 Å². The molecular weight excluding hydrogens is 350 g/mol. The minimum atomic E-state index is -0.584. The molecule has 2 aromatic heterocycles. The zero-order chi connectivity index (χ0) is 18.8. The molecule has 0 bridgehead atoms. The minimum absolute atomic E-state index is 0.0904. The third-order valence-corrected chi connectivity index (χ3v) is 5.27. The number of hydrogen-bond donors (Lipinski definition) is 0. The Hall–Kier alpha value is -2.35. The van der Waals surface area contributed by atoms with Crippen LogP contribution in [0.5, 0.6) is 0 Å². The zero-order valence-corrected chi connectivity index (χ0v) is 15.5. The number of aryl methyl sites for hydroxylation is 1. The molecule has 6 nitrogen and oxygen atoms in total. The summed E-state index contributed by atoms with van der Waals surface area (Å²) in [6.45, 7) is 7.27. The van der Waals surface area contributed by atoms with Crippen LogP contribution in [0.2, 0.25) is 0 Å². The Morgan fingerprint density at radius 2 is 1.41 bits per heavy atom. The fraction of sp³-hybridized carbons (Fsp3) is 0.526. The molecule has 2 aliphatic heterocycles. The Balaban J connectivity index is 1.42. The van der Waals surface area contributed by atoms with Crippen LogP contribution in [-0.4, -0.2) is 59.1 Å². The summed E-state index contributed by atoms with van der Waals surface area (Å²) >= 11 is 0. The summed E-state index contributed by atoms with van der Waals surface area (Å²) in [5.41, 5.74) is 0.0904. The van der Waals surface area contributed by atoms with Gasteiger partial charge in [0.1, 0.15) is 29.1 Å². The molecule has 4 heterocycles. The highest BCUT2D eigenvalue weighted by Gasteiger charge is 2.22. The van der Waals surface area contributed by atoms with E-state index < -0.39 is 11.6 Å². The Morgan fingerprint density at radius 1 is 0.852 bits per heavy atom. The molecule has 0 radical (unpaired) electrons. The first-order chi connectivity index (χ1) is 13.1. The van der Waals surface area contributed by atoms with Crippen LogP contribution in [0, 0.1) is 18.6 Å². The highest BCUT2D eigenvalue weighted by atomic mass is 19.1. The van der Waals surface area contributed by atoms with Gasteiger partial charge >= 0.3 is 0 Å². The fourth-order valence-corrected chi connectivity index (χ4v) is 3.75. The van der Waals surface area contributed by atoms with Crippen LogP contribution >= 0.6 is 0 Å². The van der Waals surface area contributed by atoms with E-state index >= 15 is 0 Å². The van der Waals surface area contributed by atoms with Crippen molar-refractivity contribution in [3.63, 3.8) is 0 Å². The van der Waals surface area contributed by atoms with Crippen LogP contribution in [0.1, 0.15) is 24.2 Å². The fourth-order valence-electron chi connectivity index (χ4n) is 3.75. The summed E-state index contributed by atoms with van der Waals surface area (Å²) in [7, 11) is 0. The Labute approximate surface area is 157 Å². The average Bonchev–Trinajstić information content (AvgIpc) is 3.20. The van der Waals surface area contributed by atoms with Gasteiger partial charge < -0.3 is 9.80 Å². The molecular formula is C19H24F2N6. The first-order valence-corrected chi connectivity index (χ1v) is 9.46. The predicted octanol–water partition coefficient (Wildman–Crippen LogP) is 2.38. The minimum Gasteiger partial charge on any atom is -0.356 e. The summed E-state index contributed by atoms with van der Waals surface area (Å²) in [6, 6.07) is 2.07. The van der Waals surface area contributed by atoms with Crippen LogP contribution < -0.4 is 9.80 Å². The number of aromatic nitrogens is 3. The third-order valence-electron chi connectivity index (χ3n) is 5.27. The van der Waals surface area contributed by atoms with Gasteiger partial charge in [0.15, 0.2) is 0 Å². The first kappa shape index (κ1) is 18.0. The summed E-state index contributed by atoms with van der Waals surface area (Å²) < 4.78 is 27.6. The van der Waals surface area contributed by atoms with Crippen molar-refractivity contribution in [1.29, 1.82) is 0 Å². The van der Waals surface area contributed by atoms with Gasteiger partial charge in [-0.3, -0.25) is 9.88 Å². The molecule has 2 aliphatic rings. The number of nitrogens with zero attached hydrogens (tertiary/aromatic N) is 6. The maximum Gasteiger partial charge on any atom is 0.148 e. The van der Waals surface area contributed by atoms with Gasteiger partial charge in [-0.25, -0.2) is 18.7 Å². The van der Waals surface area contributed by atoms with Crippen molar-refractivity contribution in [2.75, 3.05) is 49.1 Å². The highest BCUT2D eigenvalue weighted by Crippen LogP contribution is 2.24. The highest BCUT2D eigenvalue weighted by molar-refractivity contribution is 5.51. The van der Waals surface area contributed by atoms with Crippen molar-refractivity contribution in [3.8, 4) is 0 Å². The van der Waals surface area contributed by atoms with Gasteiger partial charge in [-0.05, 0) is 19.8 Å². The van der Waals surface area contributed by atoms with Crippen LogP contribution in [0.15, 0.2) is 18.5 Å². The van der Waals surface area contributed by atoms with E-state index in [4.69, 9.17) is 0 Å². The van der Waals surface area contributed by atoms with E-state index in [2.05, 4.69) is 35.7 Å². The van der Waals surface area contributed by atoms with E-state index in [1.165, 1.54) is 12.8 Å². The molecule has 0 saturated carbocycles. The smallest absolute Gasteiger partial charge is 0.148 e. The SMILES string of the molecule is Cc1nc(N2CCCC2)cc(N2CCN(Cc3c(F)cncc3F)CC2)n1. The summed E-state index contributed by atoms with van der Waals surface area (Å²) in [5, 5.41) is 0. The van der Waals surface area contributed by atoms with Gasteiger partial charge in [-0.1, -0.05) is 0 Å². The molecule has 0 atom stereocenters. The van der Waals surface area contributed by atoms with Crippen molar-refractivity contribution in [1.82, 2.24) is 19.9 Å². The number of hydrogen-bond acceptors (Lipinski definition) is 6.